The van der Waals surface area contributed by atoms with E-state index in [1.165, 1.54) is 24.1 Å². The third-order valence-corrected chi connectivity index (χ3v) is 6.87. The van der Waals surface area contributed by atoms with E-state index in [1.54, 1.807) is 0 Å². The van der Waals surface area contributed by atoms with E-state index in [-0.39, 0.29) is 5.91 Å². The van der Waals surface area contributed by atoms with E-state index < -0.39 is 0 Å². The number of aryl methyl sites for hydroxylation is 1. The molecule has 1 atom stereocenters. The van der Waals surface area contributed by atoms with Crippen LogP contribution in [0.1, 0.15) is 67.2 Å². The number of aromatic nitrogens is 2. The Morgan fingerprint density at radius 1 is 1.07 bits per heavy atom. The van der Waals surface area contributed by atoms with E-state index in [4.69, 9.17) is 5.10 Å². The molecule has 29 heavy (non-hydrogen) atoms. The Balaban J connectivity index is 1.54. The van der Waals surface area contributed by atoms with Crippen LogP contribution in [-0.4, -0.2) is 82.1 Å². The van der Waals surface area contributed by atoms with E-state index in [0.29, 0.717) is 11.7 Å². The number of piperazine rings is 1. The quantitative estimate of drug-likeness (QED) is 0.708. The predicted octanol–water partition coefficient (Wildman–Crippen LogP) is 1.94. The summed E-state index contributed by atoms with van der Waals surface area (Å²) in [5.41, 5.74) is 3.20. The SMILES string of the molecule is CCCn1nc(C(=O)N2CCCCCC2)c2c1CC[C@@H](N1CCN(C=O)CC1)C2. The molecule has 0 radical (unpaired) electrons. The van der Waals surface area contributed by atoms with Gasteiger partial charge in [0.1, 0.15) is 0 Å². The van der Waals surface area contributed by atoms with Crippen LogP contribution in [0.5, 0.6) is 0 Å². The summed E-state index contributed by atoms with van der Waals surface area (Å²) < 4.78 is 2.11. The van der Waals surface area contributed by atoms with Gasteiger partial charge in [-0.15, -0.1) is 0 Å². The number of hydrogen-bond donors (Lipinski definition) is 0. The van der Waals surface area contributed by atoms with Gasteiger partial charge in [-0.2, -0.15) is 5.10 Å². The minimum Gasteiger partial charge on any atom is -0.343 e. The summed E-state index contributed by atoms with van der Waals surface area (Å²) in [5, 5.41) is 4.84. The molecule has 0 unspecified atom stereocenters. The lowest BCUT2D eigenvalue weighted by molar-refractivity contribution is -0.120. The van der Waals surface area contributed by atoms with Crippen molar-refractivity contribution in [2.45, 2.75) is 70.9 Å². The normalized spacial score (nSPS) is 23.6. The molecule has 0 bridgehead atoms. The molecular formula is C22H35N5O2. The van der Waals surface area contributed by atoms with Crippen LogP contribution in [-0.2, 0) is 24.2 Å². The zero-order valence-corrected chi connectivity index (χ0v) is 17.8. The number of carbonyl (C=O) groups excluding carboxylic acids is 2. The van der Waals surface area contributed by atoms with Crippen LogP contribution < -0.4 is 0 Å². The highest BCUT2D eigenvalue weighted by atomic mass is 16.2. The Hall–Kier alpha value is -1.89. The molecule has 1 aromatic rings. The predicted molar refractivity (Wildman–Crippen MR) is 112 cm³/mol. The summed E-state index contributed by atoms with van der Waals surface area (Å²) in [6.07, 6.45) is 9.66. The van der Waals surface area contributed by atoms with Gasteiger partial charge in [-0.25, -0.2) is 0 Å². The molecule has 1 aromatic heterocycles. The summed E-state index contributed by atoms with van der Waals surface area (Å²) in [4.78, 5) is 30.8. The summed E-state index contributed by atoms with van der Waals surface area (Å²) in [6.45, 7) is 8.26. The van der Waals surface area contributed by atoms with Crippen LogP contribution in [0.2, 0.25) is 0 Å². The van der Waals surface area contributed by atoms with Crippen molar-refractivity contribution in [3.8, 4) is 0 Å². The fourth-order valence-electron chi connectivity index (χ4n) is 5.18. The Morgan fingerprint density at radius 3 is 2.45 bits per heavy atom. The summed E-state index contributed by atoms with van der Waals surface area (Å²) in [5.74, 6) is 0.143. The maximum Gasteiger partial charge on any atom is 0.274 e. The average molecular weight is 402 g/mol. The minimum absolute atomic E-state index is 0.143. The van der Waals surface area contributed by atoms with Crippen molar-refractivity contribution in [3.05, 3.63) is 17.0 Å². The molecule has 2 saturated heterocycles. The Labute approximate surface area is 174 Å². The van der Waals surface area contributed by atoms with Crippen LogP contribution in [0.25, 0.3) is 0 Å². The molecule has 7 heteroatoms. The van der Waals surface area contributed by atoms with Gasteiger partial charge in [0.25, 0.3) is 5.91 Å². The van der Waals surface area contributed by atoms with Gasteiger partial charge in [0.05, 0.1) is 0 Å². The van der Waals surface area contributed by atoms with E-state index >= 15 is 0 Å². The molecule has 2 fully saturated rings. The van der Waals surface area contributed by atoms with Gasteiger partial charge in [0.15, 0.2) is 5.69 Å². The van der Waals surface area contributed by atoms with Crippen molar-refractivity contribution >= 4 is 12.3 Å². The van der Waals surface area contributed by atoms with Crippen LogP contribution in [0.4, 0.5) is 0 Å². The van der Waals surface area contributed by atoms with Crippen molar-refractivity contribution in [2.75, 3.05) is 39.3 Å². The number of amides is 2. The van der Waals surface area contributed by atoms with Gasteiger partial charge in [0.2, 0.25) is 6.41 Å². The highest BCUT2D eigenvalue weighted by Crippen LogP contribution is 2.29. The fourth-order valence-corrected chi connectivity index (χ4v) is 5.18. The maximum absolute atomic E-state index is 13.4. The molecule has 0 spiro atoms. The van der Waals surface area contributed by atoms with Crippen LogP contribution in [0.3, 0.4) is 0 Å². The zero-order chi connectivity index (χ0) is 20.2. The largest absolute Gasteiger partial charge is 0.343 e. The minimum atomic E-state index is 0.143. The molecule has 3 aliphatic rings. The van der Waals surface area contributed by atoms with E-state index in [9.17, 15) is 9.59 Å². The number of carbonyl (C=O) groups is 2. The van der Waals surface area contributed by atoms with Gasteiger partial charge in [0, 0.05) is 63.1 Å². The standard InChI is InChI=1S/C22H35N5O2/c1-2-9-27-20-8-7-18(25-14-12-24(17-28)13-15-25)16-19(20)21(23-27)22(29)26-10-5-3-4-6-11-26/h17-18H,2-16H2,1H3/t18-/m1/s1. The van der Waals surface area contributed by atoms with Crippen LogP contribution >= 0.6 is 0 Å². The summed E-state index contributed by atoms with van der Waals surface area (Å²) >= 11 is 0. The van der Waals surface area contributed by atoms with Crippen LogP contribution in [0.15, 0.2) is 0 Å². The molecule has 7 nitrogen and oxygen atoms in total. The molecule has 1 aliphatic carbocycles. The van der Waals surface area contributed by atoms with Crippen molar-refractivity contribution in [2.24, 2.45) is 0 Å². The second-order valence-corrected chi connectivity index (χ2v) is 8.78. The average Bonchev–Trinajstić information content (AvgIpc) is 2.93. The number of rotatable bonds is 5. The third kappa shape index (κ3) is 4.34. The maximum atomic E-state index is 13.4. The van der Waals surface area contributed by atoms with Crippen molar-refractivity contribution in [1.29, 1.82) is 0 Å². The van der Waals surface area contributed by atoms with Gasteiger partial charge in [-0.3, -0.25) is 19.2 Å². The van der Waals surface area contributed by atoms with Gasteiger partial charge >= 0.3 is 0 Å². The number of hydrogen-bond acceptors (Lipinski definition) is 4. The molecule has 0 aromatic carbocycles. The Bertz CT molecular complexity index is 715. The highest BCUT2D eigenvalue weighted by molar-refractivity contribution is 5.94. The molecule has 0 saturated carbocycles. The second-order valence-electron chi connectivity index (χ2n) is 8.78. The first kappa shape index (κ1) is 20.4. The van der Waals surface area contributed by atoms with Gasteiger partial charge < -0.3 is 9.80 Å². The first-order valence-electron chi connectivity index (χ1n) is 11.5. The fraction of sp³-hybridized carbons (Fsp3) is 0.773. The molecule has 0 N–H and O–H groups in total. The van der Waals surface area contributed by atoms with Crippen molar-refractivity contribution in [1.82, 2.24) is 24.5 Å². The summed E-state index contributed by atoms with van der Waals surface area (Å²) in [6, 6.07) is 0.450. The first-order chi connectivity index (χ1) is 14.2. The Kier molecular flexibility index (Phi) is 6.53. The van der Waals surface area contributed by atoms with E-state index in [1.807, 2.05) is 9.80 Å². The van der Waals surface area contributed by atoms with Gasteiger partial charge in [-0.05, 0) is 38.5 Å². The molecule has 2 amide bonds. The molecular weight excluding hydrogens is 366 g/mol. The number of likely N-dealkylation sites (tertiary alicyclic amines) is 1. The number of nitrogens with zero attached hydrogens (tertiary/aromatic N) is 5. The van der Waals surface area contributed by atoms with Crippen LogP contribution in [0, 0.1) is 0 Å². The van der Waals surface area contributed by atoms with Crippen molar-refractivity contribution < 1.29 is 9.59 Å². The highest BCUT2D eigenvalue weighted by Gasteiger charge is 2.34. The third-order valence-electron chi connectivity index (χ3n) is 6.87. The molecule has 2 aliphatic heterocycles. The zero-order valence-electron chi connectivity index (χ0n) is 17.8. The molecule has 4 rings (SSSR count). The smallest absolute Gasteiger partial charge is 0.274 e. The van der Waals surface area contributed by atoms with E-state index in [2.05, 4.69) is 16.5 Å². The first-order valence-corrected chi connectivity index (χ1v) is 11.5. The molecule has 3 heterocycles. The number of fused-ring (bicyclic) bond motifs is 1. The van der Waals surface area contributed by atoms with Crippen molar-refractivity contribution in [3.63, 3.8) is 0 Å². The van der Waals surface area contributed by atoms with E-state index in [0.717, 1.165) is 90.7 Å². The molecule has 160 valence electrons. The Morgan fingerprint density at radius 2 is 1.79 bits per heavy atom. The lowest BCUT2D eigenvalue weighted by Gasteiger charge is -2.39. The topological polar surface area (TPSA) is 61.7 Å². The second kappa shape index (κ2) is 9.28. The lowest BCUT2D eigenvalue weighted by Crippen LogP contribution is -2.51. The lowest BCUT2D eigenvalue weighted by atomic mass is 9.89. The summed E-state index contributed by atoms with van der Waals surface area (Å²) in [7, 11) is 0. The van der Waals surface area contributed by atoms with Gasteiger partial charge in [-0.1, -0.05) is 19.8 Å². The monoisotopic (exact) mass is 401 g/mol.